The molecule has 0 unspecified atom stereocenters. The van der Waals surface area contributed by atoms with E-state index in [2.05, 4.69) is 20.4 Å². The van der Waals surface area contributed by atoms with Crippen molar-refractivity contribution in [1.29, 1.82) is 0 Å². The lowest BCUT2D eigenvalue weighted by Crippen LogP contribution is -2.47. The highest BCUT2D eigenvalue weighted by molar-refractivity contribution is 6.99. The summed E-state index contributed by atoms with van der Waals surface area (Å²) in [6.07, 6.45) is 5.62. The summed E-state index contributed by atoms with van der Waals surface area (Å²) < 4.78 is 11.3. The standard InChI is InChI=1S/C6H22N2Si4.C5H19NOSi4/c1-7-4-2-6(3-5-7)8(11-9)12-10;8-10-6(11-9)5-1-3-7-4-2-5/h6H,2-5,11-12H2,1,9-10H3;5H,1-4,10-11H2,8-9H3. The summed E-state index contributed by atoms with van der Waals surface area (Å²) in [4.78, 5) is 2.48. The van der Waals surface area contributed by atoms with Crippen LogP contribution in [0.3, 0.4) is 0 Å². The van der Waals surface area contributed by atoms with Gasteiger partial charge < -0.3 is 18.1 Å². The molecule has 0 radical (unpaired) electrons. The lowest BCUT2D eigenvalue weighted by Gasteiger charge is -2.36. The van der Waals surface area contributed by atoms with E-state index >= 15 is 0 Å². The fraction of sp³-hybridized carbons (Fsp3) is 1.00. The molecule has 0 bridgehead atoms. The summed E-state index contributed by atoms with van der Waals surface area (Å²) in [7, 11) is 9.52. The number of ether oxygens (including phenoxy) is 1. The molecule has 23 heavy (non-hydrogen) atoms. The first-order valence-electron chi connectivity index (χ1n) is 9.90. The Hall–Kier alpha value is 1.58. The van der Waals surface area contributed by atoms with E-state index in [0.29, 0.717) is 36.8 Å². The number of nitrogens with zero attached hydrogens (tertiary/aromatic N) is 3. The molecule has 0 N–H and O–H groups in total. The highest BCUT2D eigenvalue weighted by atomic mass is 29.2. The topological polar surface area (TPSA) is 19.0 Å². The zero-order valence-electron chi connectivity index (χ0n) is 16.4. The molecule has 2 fully saturated rings. The lowest BCUT2D eigenvalue weighted by molar-refractivity contribution is 0.0714. The largest absolute Gasteiger partial charge is 0.381 e. The van der Waals surface area contributed by atoms with Crippen molar-refractivity contribution in [3.05, 3.63) is 0 Å². The van der Waals surface area contributed by atoms with Gasteiger partial charge in [-0.15, -0.1) is 0 Å². The fourth-order valence-electron chi connectivity index (χ4n) is 3.89. The fourth-order valence-corrected chi connectivity index (χ4v) is 49.4. The van der Waals surface area contributed by atoms with E-state index in [-0.39, 0.29) is 0 Å². The number of rotatable bonds is 6. The second kappa shape index (κ2) is 13.7. The number of likely N-dealkylation sites (tertiary alicyclic amines) is 1. The second-order valence-corrected chi connectivity index (χ2v) is 22.0. The highest BCUT2D eigenvalue weighted by Gasteiger charge is 2.20. The Labute approximate surface area is 164 Å². The van der Waals surface area contributed by atoms with Crippen LogP contribution in [-0.2, 0) is 4.74 Å². The summed E-state index contributed by atoms with van der Waals surface area (Å²) in [6.45, 7) is 4.78. The molecule has 2 rings (SSSR count). The van der Waals surface area contributed by atoms with Gasteiger partial charge in [-0.25, -0.2) is 0 Å². The summed E-state index contributed by atoms with van der Waals surface area (Å²) >= 11 is 0. The van der Waals surface area contributed by atoms with Gasteiger partial charge in [-0.3, -0.25) is 0 Å². The molecule has 2 aliphatic rings. The van der Waals surface area contributed by atoms with Crippen LogP contribution >= 0.6 is 0 Å². The van der Waals surface area contributed by atoms with Gasteiger partial charge in [-0.05, 0) is 51.9 Å². The van der Waals surface area contributed by atoms with Crippen LogP contribution in [-0.4, -0.2) is 135 Å². The maximum absolute atomic E-state index is 5.37. The Bertz CT molecular complexity index is 284. The molecular weight excluding hydrogens is 415 g/mol. The van der Waals surface area contributed by atoms with Crippen LogP contribution in [0.4, 0.5) is 0 Å². The van der Waals surface area contributed by atoms with Crippen LogP contribution < -0.4 is 0 Å². The van der Waals surface area contributed by atoms with Gasteiger partial charge in [0.15, 0.2) is 0 Å². The Morgan fingerprint density at radius 1 is 0.783 bits per heavy atom. The number of piperidine rings is 1. The van der Waals surface area contributed by atoms with Gasteiger partial charge in [-0.2, -0.15) is 0 Å². The molecule has 0 amide bonds. The molecule has 0 saturated carbocycles. The van der Waals surface area contributed by atoms with E-state index in [1.165, 1.54) is 77.8 Å². The van der Waals surface area contributed by atoms with E-state index in [0.717, 1.165) is 25.3 Å². The van der Waals surface area contributed by atoms with Crippen LogP contribution in [0.2, 0.25) is 0 Å². The maximum Gasteiger partial charge on any atom is 0.0674 e. The zero-order valence-corrected chi connectivity index (χ0v) is 30.0. The predicted molar refractivity (Wildman–Crippen MR) is 132 cm³/mol. The van der Waals surface area contributed by atoms with Crippen molar-refractivity contribution < 1.29 is 4.74 Å². The Morgan fingerprint density at radius 3 is 1.57 bits per heavy atom. The Balaban J connectivity index is 0.000000231. The van der Waals surface area contributed by atoms with Gasteiger partial charge in [0, 0.05) is 58.3 Å². The third-order valence-electron chi connectivity index (χ3n) is 5.54. The smallest absolute Gasteiger partial charge is 0.0674 e. The van der Waals surface area contributed by atoms with Crippen LogP contribution in [0.15, 0.2) is 0 Å². The first-order chi connectivity index (χ1) is 11.2. The minimum atomic E-state index is 0.296. The van der Waals surface area contributed by atoms with Crippen molar-refractivity contribution in [1.82, 2.24) is 13.4 Å². The third kappa shape index (κ3) is 8.67. The monoisotopic (exact) mass is 455 g/mol. The van der Waals surface area contributed by atoms with Crippen molar-refractivity contribution >= 4 is 75.8 Å². The van der Waals surface area contributed by atoms with E-state index in [4.69, 9.17) is 4.74 Å². The van der Waals surface area contributed by atoms with Gasteiger partial charge in [0.05, 0.1) is 36.8 Å². The molecule has 2 heterocycles. The molecule has 0 atom stereocenters. The zero-order chi connectivity index (χ0) is 17.1. The summed E-state index contributed by atoms with van der Waals surface area (Å²) in [5.41, 5.74) is 0. The Morgan fingerprint density at radius 2 is 1.17 bits per heavy atom. The number of hydrogen-bond donors (Lipinski definition) is 0. The van der Waals surface area contributed by atoms with Crippen LogP contribution in [0.5, 0.6) is 0 Å². The van der Waals surface area contributed by atoms with Crippen molar-refractivity contribution in [2.75, 3.05) is 33.4 Å². The van der Waals surface area contributed by atoms with Crippen LogP contribution in [0.1, 0.15) is 25.7 Å². The SMILES string of the molecule is CN1CCC(N([SiH2][SiH3])[SiH2][SiH3])CC1.[SiH3][SiH2]N([SiH2][SiH3])C1CCOCC1. The van der Waals surface area contributed by atoms with Crippen molar-refractivity contribution in [2.45, 2.75) is 37.8 Å². The molecular formula is C11H41N3OSi8. The Kier molecular flexibility index (Phi) is 13.5. The van der Waals surface area contributed by atoms with Gasteiger partial charge in [0.2, 0.25) is 0 Å². The average Bonchev–Trinajstić information content (AvgIpc) is 2.60. The first kappa shape index (κ1) is 22.6. The molecule has 4 nitrogen and oxygen atoms in total. The first-order valence-corrected chi connectivity index (χ1v) is 35.1. The van der Waals surface area contributed by atoms with Crippen molar-refractivity contribution in [2.24, 2.45) is 0 Å². The lowest BCUT2D eigenvalue weighted by atomic mass is 10.1. The van der Waals surface area contributed by atoms with Crippen LogP contribution in [0, 0.1) is 0 Å². The normalized spacial score (nSPS) is 24.1. The number of hydrogen-bond acceptors (Lipinski definition) is 4. The predicted octanol–water partition coefficient (Wildman–Crippen LogP) is -7.69. The van der Waals surface area contributed by atoms with E-state index in [1.807, 2.05) is 0 Å². The molecule has 0 aromatic carbocycles. The quantitative estimate of drug-likeness (QED) is 0.370. The molecule has 12 heteroatoms. The molecule has 2 saturated heterocycles. The van der Waals surface area contributed by atoms with Gasteiger partial charge in [0.1, 0.15) is 0 Å². The van der Waals surface area contributed by atoms with Crippen molar-refractivity contribution in [3.63, 3.8) is 0 Å². The minimum Gasteiger partial charge on any atom is -0.381 e. The highest BCUT2D eigenvalue weighted by Crippen LogP contribution is 2.13. The molecule has 0 aromatic heterocycles. The summed E-state index contributed by atoms with van der Waals surface area (Å²) in [5.74, 6) is 0. The van der Waals surface area contributed by atoms with E-state index < -0.39 is 0 Å². The van der Waals surface area contributed by atoms with Crippen LogP contribution in [0.25, 0.3) is 0 Å². The van der Waals surface area contributed by atoms with Gasteiger partial charge in [-0.1, -0.05) is 0 Å². The van der Waals surface area contributed by atoms with Gasteiger partial charge in [0.25, 0.3) is 0 Å². The molecule has 0 spiro atoms. The van der Waals surface area contributed by atoms with E-state index in [9.17, 15) is 0 Å². The summed E-state index contributed by atoms with van der Waals surface area (Å²) in [6, 6.07) is 2.03. The van der Waals surface area contributed by atoms with Crippen molar-refractivity contribution in [3.8, 4) is 0 Å². The third-order valence-corrected chi connectivity index (χ3v) is 36.7. The average molecular weight is 456 g/mol. The molecule has 0 aromatic rings. The molecule has 0 aliphatic carbocycles. The van der Waals surface area contributed by atoms with E-state index in [1.54, 1.807) is 0 Å². The molecule has 138 valence electrons. The summed E-state index contributed by atoms with van der Waals surface area (Å²) in [5, 5.41) is 0. The maximum atomic E-state index is 5.37. The molecule has 2 aliphatic heterocycles. The second-order valence-electron chi connectivity index (χ2n) is 6.82. The minimum absolute atomic E-state index is 0.296. The van der Waals surface area contributed by atoms with Gasteiger partial charge >= 0.3 is 0 Å².